The van der Waals surface area contributed by atoms with Gasteiger partial charge >= 0.3 is 0 Å². The van der Waals surface area contributed by atoms with E-state index in [1.807, 2.05) is 24.0 Å². The summed E-state index contributed by atoms with van der Waals surface area (Å²) in [7, 11) is 1.74. The highest BCUT2D eigenvalue weighted by molar-refractivity contribution is 7.99. The second kappa shape index (κ2) is 8.50. The van der Waals surface area contributed by atoms with Crippen LogP contribution < -0.4 is 5.73 Å². The van der Waals surface area contributed by atoms with Crippen LogP contribution in [0.25, 0.3) is 0 Å². The summed E-state index contributed by atoms with van der Waals surface area (Å²) in [5, 5.41) is 0.338. The molecule has 17 heavy (non-hydrogen) atoms. The number of pyridine rings is 1. The molecule has 0 bridgehead atoms. The molecule has 1 rings (SSSR count). The van der Waals surface area contributed by atoms with E-state index >= 15 is 0 Å². The van der Waals surface area contributed by atoms with E-state index < -0.39 is 0 Å². The maximum absolute atomic E-state index is 6.18. The van der Waals surface area contributed by atoms with Crippen molar-refractivity contribution in [3.05, 3.63) is 30.1 Å². The van der Waals surface area contributed by atoms with Crippen LogP contribution in [-0.4, -0.2) is 30.5 Å². The largest absolute Gasteiger partial charge is 0.385 e. The smallest absolute Gasteiger partial charge is 0.0470 e. The molecule has 0 aliphatic heterocycles. The molecule has 0 spiro atoms. The van der Waals surface area contributed by atoms with Crippen LogP contribution in [0.5, 0.6) is 0 Å². The number of ether oxygens (including phenoxy) is 1. The Morgan fingerprint density at radius 2 is 2.35 bits per heavy atom. The van der Waals surface area contributed by atoms with Crippen LogP contribution in [0, 0.1) is 0 Å². The van der Waals surface area contributed by atoms with Crippen LogP contribution in [-0.2, 0) is 4.74 Å². The first kappa shape index (κ1) is 14.5. The van der Waals surface area contributed by atoms with Crippen molar-refractivity contribution >= 4 is 11.8 Å². The van der Waals surface area contributed by atoms with Crippen molar-refractivity contribution < 1.29 is 4.74 Å². The van der Waals surface area contributed by atoms with E-state index in [9.17, 15) is 0 Å². The number of rotatable bonds is 8. The number of nitrogens with two attached hydrogens (primary N) is 1. The third-order valence-corrected chi connectivity index (χ3v) is 4.17. The van der Waals surface area contributed by atoms with Gasteiger partial charge in [0, 0.05) is 37.4 Å². The van der Waals surface area contributed by atoms with Crippen LogP contribution in [0.4, 0.5) is 0 Å². The van der Waals surface area contributed by atoms with Crippen molar-refractivity contribution in [3.8, 4) is 0 Å². The first-order chi connectivity index (χ1) is 8.29. The van der Waals surface area contributed by atoms with E-state index in [0.717, 1.165) is 25.2 Å². The van der Waals surface area contributed by atoms with Gasteiger partial charge in [0.05, 0.1) is 0 Å². The lowest BCUT2D eigenvalue weighted by molar-refractivity contribution is 0.200. The normalized spacial score (nSPS) is 14.5. The molecule has 0 fully saturated rings. The van der Waals surface area contributed by atoms with E-state index in [1.165, 1.54) is 5.56 Å². The zero-order valence-corrected chi connectivity index (χ0v) is 11.5. The van der Waals surface area contributed by atoms with Crippen molar-refractivity contribution in [2.45, 2.75) is 31.1 Å². The number of hydrogen-bond donors (Lipinski definition) is 1. The number of hydrogen-bond acceptors (Lipinski definition) is 4. The fourth-order valence-corrected chi connectivity index (χ4v) is 2.95. The minimum absolute atomic E-state index is 0.187. The molecule has 2 unspecified atom stereocenters. The molecule has 0 saturated carbocycles. The van der Waals surface area contributed by atoms with Crippen molar-refractivity contribution in [2.24, 2.45) is 5.73 Å². The minimum atomic E-state index is 0.187. The Bertz CT molecular complexity index is 295. The van der Waals surface area contributed by atoms with Crippen LogP contribution >= 0.6 is 11.8 Å². The lowest BCUT2D eigenvalue weighted by atomic mass is 10.1. The van der Waals surface area contributed by atoms with Gasteiger partial charge in [-0.2, -0.15) is 11.8 Å². The topological polar surface area (TPSA) is 48.1 Å². The molecule has 1 aromatic heterocycles. The van der Waals surface area contributed by atoms with E-state index in [1.54, 1.807) is 13.3 Å². The first-order valence-corrected chi connectivity index (χ1v) is 7.10. The Balaban J connectivity index is 2.55. The zero-order valence-electron chi connectivity index (χ0n) is 10.6. The van der Waals surface area contributed by atoms with Gasteiger partial charge in [0.1, 0.15) is 0 Å². The van der Waals surface area contributed by atoms with Gasteiger partial charge in [0.15, 0.2) is 0 Å². The quantitative estimate of drug-likeness (QED) is 0.725. The van der Waals surface area contributed by atoms with Crippen molar-refractivity contribution in [1.29, 1.82) is 0 Å². The summed E-state index contributed by atoms with van der Waals surface area (Å²) in [5.41, 5.74) is 7.41. The van der Waals surface area contributed by atoms with E-state index in [-0.39, 0.29) is 6.04 Å². The van der Waals surface area contributed by atoms with Crippen LogP contribution in [0.3, 0.4) is 0 Å². The molecular formula is C13H22N2OS. The number of nitrogens with zero attached hydrogens (tertiary/aromatic N) is 1. The van der Waals surface area contributed by atoms with Crippen molar-refractivity contribution in [3.63, 3.8) is 0 Å². The summed E-state index contributed by atoms with van der Waals surface area (Å²) in [4.78, 5) is 4.17. The molecule has 2 atom stereocenters. The minimum Gasteiger partial charge on any atom is -0.385 e. The lowest BCUT2D eigenvalue weighted by Gasteiger charge is -2.22. The van der Waals surface area contributed by atoms with Gasteiger partial charge in [-0.25, -0.2) is 0 Å². The highest BCUT2D eigenvalue weighted by Crippen LogP contribution is 2.32. The Hall–Kier alpha value is -0.580. The van der Waals surface area contributed by atoms with Crippen molar-refractivity contribution in [1.82, 2.24) is 4.98 Å². The predicted molar refractivity (Wildman–Crippen MR) is 74.2 cm³/mol. The summed E-state index contributed by atoms with van der Waals surface area (Å²) in [6.45, 7) is 2.94. The molecule has 0 aliphatic carbocycles. The number of methoxy groups -OCH3 is 1. The maximum atomic E-state index is 6.18. The second-order valence-corrected chi connectivity index (χ2v) is 5.25. The van der Waals surface area contributed by atoms with Gasteiger partial charge < -0.3 is 10.5 Å². The average molecular weight is 254 g/mol. The Kier molecular flexibility index (Phi) is 7.24. The molecule has 1 heterocycles. The Morgan fingerprint density at radius 3 is 2.94 bits per heavy atom. The first-order valence-electron chi connectivity index (χ1n) is 6.05. The monoisotopic (exact) mass is 254 g/mol. The maximum Gasteiger partial charge on any atom is 0.0470 e. The fraction of sp³-hybridized carbons (Fsp3) is 0.615. The summed E-state index contributed by atoms with van der Waals surface area (Å²) in [5.74, 6) is 1.07. The van der Waals surface area contributed by atoms with E-state index in [4.69, 9.17) is 10.5 Å². The summed E-state index contributed by atoms with van der Waals surface area (Å²) in [6, 6.07) is 4.27. The summed E-state index contributed by atoms with van der Waals surface area (Å²) >= 11 is 1.90. The second-order valence-electron chi connectivity index (χ2n) is 4.00. The van der Waals surface area contributed by atoms with Crippen LogP contribution in [0.2, 0.25) is 0 Å². The third kappa shape index (κ3) is 5.06. The van der Waals surface area contributed by atoms with Gasteiger partial charge in [-0.05, 0) is 30.2 Å². The van der Waals surface area contributed by atoms with Gasteiger partial charge in [0.25, 0.3) is 0 Å². The third-order valence-electron chi connectivity index (χ3n) is 2.66. The molecule has 0 aromatic carbocycles. The predicted octanol–water partition coefficient (Wildman–Crippen LogP) is 2.63. The van der Waals surface area contributed by atoms with E-state index in [0.29, 0.717) is 5.25 Å². The lowest BCUT2D eigenvalue weighted by Crippen LogP contribution is -2.26. The highest BCUT2D eigenvalue weighted by Gasteiger charge is 2.18. The van der Waals surface area contributed by atoms with Crippen LogP contribution in [0.15, 0.2) is 24.5 Å². The van der Waals surface area contributed by atoms with Gasteiger partial charge in [-0.3, -0.25) is 4.98 Å². The molecular weight excluding hydrogens is 232 g/mol. The van der Waals surface area contributed by atoms with Crippen molar-refractivity contribution in [2.75, 3.05) is 19.5 Å². The molecule has 1 aromatic rings. The SMILES string of the molecule is CCC(N)C(SCCCOC)c1cccnc1. The van der Waals surface area contributed by atoms with Gasteiger partial charge in [-0.1, -0.05) is 13.0 Å². The number of thioether (sulfide) groups is 1. The van der Waals surface area contributed by atoms with Gasteiger partial charge in [0.2, 0.25) is 0 Å². The molecule has 96 valence electrons. The number of aromatic nitrogens is 1. The highest BCUT2D eigenvalue weighted by atomic mass is 32.2. The molecule has 0 radical (unpaired) electrons. The molecule has 2 N–H and O–H groups in total. The average Bonchev–Trinajstić information content (AvgIpc) is 2.39. The fourth-order valence-electron chi connectivity index (χ4n) is 1.64. The molecule has 0 amide bonds. The summed E-state index contributed by atoms with van der Waals surface area (Å²) < 4.78 is 5.06. The Labute approximate surface area is 108 Å². The molecule has 0 aliphatic rings. The zero-order chi connectivity index (χ0) is 12.5. The van der Waals surface area contributed by atoms with E-state index in [2.05, 4.69) is 18.0 Å². The molecule has 3 nitrogen and oxygen atoms in total. The van der Waals surface area contributed by atoms with Gasteiger partial charge in [-0.15, -0.1) is 0 Å². The molecule has 0 saturated heterocycles. The van der Waals surface area contributed by atoms with Crippen LogP contribution in [0.1, 0.15) is 30.6 Å². The standard InChI is InChI=1S/C13H22N2OS/c1-3-12(14)13(17-9-5-8-16-2)11-6-4-7-15-10-11/h4,6-7,10,12-13H,3,5,8-9,14H2,1-2H3. The summed E-state index contributed by atoms with van der Waals surface area (Å²) in [6.07, 6.45) is 5.77. The Morgan fingerprint density at radius 1 is 1.53 bits per heavy atom. The molecule has 4 heteroatoms.